The normalized spacial score (nSPS) is 14.6. The van der Waals surface area contributed by atoms with Crippen LogP contribution >= 0.6 is 11.6 Å². The smallest absolute Gasteiger partial charge is 0.138 e. The zero-order valence-electron chi connectivity index (χ0n) is 10.8. The number of hydrogen-bond donors (Lipinski definition) is 2. The minimum Gasteiger partial charge on any atom is -0.506 e. The van der Waals surface area contributed by atoms with Gasteiger partial charge in [0.2, 0.25) is 0 Å². The van der Waals surface area contributed by atoms with E-state index in [1.54, 1.807) is 6.07 Å². The number of halogens is 1. The first-order chi connectivity index (χ1) is 8.04. The highest BCUT2D eigenvalue weighted by Crippen LogP contribution is 2.26. The maximum atomic E-state index is 9.77. The predicted octanol–water partition coefficient (Wildman–Crippen LogP) is 3.96. The second-order valence-electron chi connectivity index (χ2n) is 4.78. The Morgan fingerprint density at radius 3 is 2.71 bits per heavy atom. The number of nitrogens with one attached hydrogen (secondary N) is 1. The molecule has 2 nitrogen and oxygen atoms in total. The molecule has 17 heavy (non-hydrogen) atoms. The lowest BCUT2D eigenvalue weighted by Crippen LogP contribution is -2.27. The Morgan fingerprint density at radius 1 is 1.35 bits per heavy atom. The van der Waals surface area contributed by atoms with Crippen LogP contribution in [0.5, 0.6) is 5.75 Å². The Balaban J connectivity index is 2.47. The molecule has 1 aromatic carbocycles. The first kappa shape index (κ1) is 14.3. The molecule has 0 heterocycles. The quantitative estimate of drug-likeness (QED) is 0.807. The maximum absolute atomic E-state index is 9.77. The van der Waals surface area contributed by atoms with Crippen molar-refractivity contribution in [1.29, 1.82) is 0 Å². The first-order valence-corrected chi connectivity index (χ1v) is 6.62. The van der Waals surface area contributed by atoms with E-state index in [0.29, 0.717) is 17.6 Å². The van der Waals surface area contributed by atoms with E-state index in [9.17, 15) is 5.11 Å². The Morgan fingerprint density at radius 2 is 2.06 bits per heavy atom. The SMILES string of the molecule is CCC(C)CC(C)NCc1cccc(Cl)c1O. The third-order valence-corrected chi connectivity index (χ3v) is 3.47. The van der Waals surface area contributed by atoms with Crippen LogP contribution in [-0.2, 0) is 6.54 Å². The van der Waals surface area contributed by atoms with Crippen LogP contribution < -0.4 is 5.32 Å². The van der Waals surface area contributed by atoms with Crippen LogP contribution in [0.1, 0.15) is 39.2 Å². The molecule has 0 saturated carbocycles. The molecule has 2 unspecified atom stereocenters. The van der Waals surface area contributed by atoms with Crippen molar-refractivity contribution in [3.05, 3.63) is 28.8 Å². The first-order valence-electron chi connectivity index (χ1n) is 6.24. The molecule has 2 N–H and O–H groups in total. The van der Waals surface area contributed by atoms with Gasteiger partial charge in [-0.3, -0.25) is 0 Å². The van der Waals surface area contributed by atoms with Crippen LogP contribution in [0.15, 0.2) is 18.2 Å². The van der Waals surface area contributed by atoms with Crippen molar-refractivity contribution >= 4 is 11.6 Å². The molecule has 0 radical (unpaired) electrons. The highest BCUT2D eigenvalue weighted by molar-refractivity contribution is 6.32. The van der Waals surface area contributed by atoms with Gasteiger partial charge < -0.3 is 10.4 Å². The third-order valence-electron chi connectivity index (χ3n) is 3.16. The number of hydrogen-bond acceptors (Lipinski definition) is 2. The Hall–Kier alpha value is -0.730. The summed E-state index contributed by atoms with van der Waals surface area (Å²) in [6.07, 6.45) is 2.35. The summed E-state index contributed by atoms with van der Waals surface area (Å²) in [5.74, 6) is 0.919. The van der Waals surface area contributed by atoms with E-state index in [4.69, 9.17) is 11.6 Å². The van der Waals surface area contributed by atoms with Crippen molar-refractivity contribution in [2.45, 2.75) is 46.2 Å². The molecular weight excluding hydrogens is 234 g/mol. The van der Waals surface area contributed by atoms with E-state index in [1.807, 2.05) is 12.1 Å². The lowest BCUT2D eigenvalue weighted by Gasteiger charge is -2.18. The van der Waals surface area contributed by atoms with Gasteiger partial charge in [-0.25, -0.2) is 0 Å². The lowest BCUT2D eigenvalue weighted by atomic mass is 10.0. The van der Waals surface area contributed by atoms with Gasteiger partial charge in [0, 0.05) is 18.2 Å². The van der Waals surface area contributed by atoms with Crippen molar-refractivity contribution in [3.63, 3.8) is 0 Å². The molecule has 0 aliphatic heterocycles. The molecule has 0 aliphatic carbocycles. The van der Waals surface area contributed by atoms with Gasteiger partial charge in [-0.05, 0) is 25.3 Å². The van der Waals surface area contributed by atoms with Gasteiger partial charge >= 0.3 is 0 Å². The van der Waals surface area contributed by atoms with Crippen LogP contribution in [0.2, 0.25) is 5.02 Å². The van der Waals surface area contributed by atoms with Crippen LogP contribution in [0.4, 0.5) is 0 Å². The molecule has 0 fully saturated rings. The molecular formula is C14H22ClNO. The Kier molecular flexibility index (Phi) is 5.79. The van der Waals surface area contributed by atoms with E-state index < -0.39 is 0 Å². The molecule has 1 aromatic rings. The summed E-state index contributed by atoms with van der Waals surface area (Å²) in [6.45, 7) is 7.30. The maximum Gasteiger partial charge on any atom is 0.138 e. The van der Waals surface area contributed by atoms with E-state index in [-0.39, 0.29) is 5.75 Å². The van der Waals surface area contributed by atoms with Crippen LogP contribution in [0.3, 0.4) is 0 Å². The summed E-state index contributed by atoms with van der Waals surface area (Å²) in [5, 5.41) is 13.6. The minimum atomic E-state index is 0.192. The summed E-state index contributed by atoms with van der Waals surface area (Å²) in [5.41, 5.74) is 0.855. The zero-order valence-corrected chi connectivity index (χ0v) is 11.6. The molecule has 2 atom stereocenters. The Bertz CT molecular complexity index is 354. The van der Waals surface area contributed by atoms with Crippen molar-refractivity contribution in [2.24, 2.45) is 5.92 Å². The lowest BCUT2D eigenvalue weighted by molar-refractivity contribution is 0.406. The molecule has 96 valence electrons. The summed E-state index contributed by atoms with van der Waals surface area (Å²) >= 11 is 5.86. The van der Waals surface area contributed by atoms with Gasteiger partial charge in [0.15, 0.2) is 0 Å². The highest BCUT2D eigenvalue weighted by atomic mass is 35.5. The molecule has 0 aliphatic rings. The second kappa shape index (κ2) is 6.87. The van der Waals surface area contributed by atoms with Gasteiger partial charge in [-0.1, -0.05) is 44.0 Å². The van der Waals surface area contributed by atoms with E-state index in [1.165, 1.54) is 6.42 Å². The number of rotatable bonds is 6. The average molecular weight is 256 g/mol. The van der Waals surface area contributed by atoms with Gasteiger partial charge in [-0.15, -0.1) is 0 Å². The topological polar surface area (TPSA) is 32.3 Å². The second-order valence-corrected chi connectivity index (χ2v) is 5.19. The van der Waals surface area contributed by atoms with Crippen molar-refractivity contribution in [1.82, 2.24) is 5.32 Å². The minimum absolute atomic E-state index is 0.192. The van der Waals surface area contributed by atoms with Crippen molar-refractivity contribution in [3.8, 4) is 5.75 Å². The Labute approximate surface area is 109 Å². The number of aromatic hydroxyl groups is 1. The molecule has 0 spiro atoms. The van der Waals surface area contributed by atoms with Gasteiger partial charge in [-0.2, -0.15) is 0 Å². The number of phenols is 1. The van der Waals surface area contributed by atoms with Crippen molar-refractivity contribution < 1.29 is 5.11 Å². The molecule has 0 bridgehead atoms. The van der Waals surface area contributed by atoms with Crippen LogP contribution in [0.25, 0.3) is 0 Å². The van der Waals surface area contributed by atoms with Gasteiger partial charge in [0.25, 0.3) is 0 Å². The summed E-state index contributed by atoms with van der Waals surface area (Å²) < 4.78 is 0. The highest BCUT2D eigenvalue weighted by Gasteiger charge is 2.09. The number of benzene rings is 1. The van der Waals surface area contributed by atoms with Crippen molar-refractivity contribution in [2.75, 3.05) is 0 Å². The fraction of sp³-hybridized carbons (Fsp3) is 0.571. The number of phenolic OH excluding ortho intramolecular Hbond substituents is 1. The predicted molar refractivity (Wildman–Crippen MR) is 73.5 cm³/mol. The third kappa shape index (κ3) is 4.57. The summed E-state index contributed by atoms with van der Waals surface area (Å²) in [4.78, 5) is 0. The molecule has 0 saturated heterocycles. The molecule has 3 heteroatoms. The standard InChI is InChI=1S/C14H22ClNO/c1-4-10(2)8-11(3)16-9-12-6-5-7-13(15)14(12)17/h5-7,10-11,16-17H,4,8-9H2,1-3H3. The summed E-state index contributed by atoms with van der Waals surface area (Å²) in [7, 11) is 0. The van der Waals surface area contributed by atoms with Crippen LogP contribution in [-0.4, -0.2) is 11.1 Å². The molecule has 0 amide bonds. The van der Waals surface area contributed by atoms with E-state index in [2.05, 4.69) is 26.1 Å². The van der Waals surface area contributed by atoms with E-state index in [0.717, 1.165) is 17.9 Å². The molecule has 0 aromatic heterocycles. The molecule has 1 rings (SSSR count). The zero-order chi connectivity index (χ0) is 12.8. The number of para-hydroxylation sites is 1. The largest absolute Gasteiger partial charge is 0.506 e. The summed E-state index contributed by atoms with van der Waals surface area (Å²) in [6, 6.07) is 5.90. The monoisotopic (exact) mass is 255 g/mol. The van der Waals surface area contributed by atoms with Gasteiger partial charge in [0.05, 0.1) is 5.02 Å². The van der Waals surface area contributed by atoms with E-state index >= 15 is 0 Å². The van der Waals surface area contributed by atoms with Crippen LogP contribution in [0, 0.1) is 5.92 Å². The average Bonchev–Trinajstić information content (AvgIpc) is 2.31. The fourth-order valence-electron chi connectivity index (χ4n) is 1.84. The fourth-order valence-corrected chi connectivity index (χ4v) is 2.03. The van der Waals surface area contributed by atoms with Gasteiger partial charge in [0.1, 0.15) is 5.75 Å².